The Kier molecular flexibility index (Phi) is 4.88. The van der Waals surface area contributed by atoms with Crippen molar-refractivity contribution in [1.82, 2.24) is 4.72 Å². The molecule has 0 fully saturated rings. The third-order valence-corrected chi connectivity index (χ3v) is 5.65. The second-order valence-electron chi connectivity index (χ2n) is 3.82. The number of halogens is 1. The van der Waals surface area contributed by atoms with E-state index in [2.05, 4.69) is 4.72 Å². The van der Waals surface area contributed by atoms with Crippen molar-refractivity contribution < 1.29 is 21.2 Å². The Morgan fingerprint density at radius 3 is 2.42 bits per heavy atom. The normalized spacial score (nSPS) is 12.5. The highest BCUT2D eigenvalue weighted by atomic mass is 32.2. The van der Waals surface area contributed by atoms with Gasteiger partial charge in [-0.25, -0.2) is 25.9 Å². The molecule has 9 heteroatoms. The maximum absolute atomic E-state index is 12.8. The Balaban J connectivity index is 2.82. The fourth-order valence-corrected chi connectivity index (χ4v) is 3.29. The summed E-state index contributed by atoms with van der Waals surface area (Å²) in [4.78, 5) is -0.275. The summed E-state index contributed by atoms with van der Waals surface area (Å²) in [5, 5.41) is 0. The molecule has 0 unspecified atom stereocenters. The molecular formula is C10H15FN2O4S2. The Morgan fingerprint density at radius 1 is 1.26 bits per heavy atom. The smallest absolute Gasteiger partial charge is 0.242 e. The van der Waals surface area contributed by atoms with Crippen molar-refractivity contribution in [3.05, 3.63) is 24.0 Å². The predicted octanol–water partition coefficient (Wildman–Crippen LogP) is 0.121. The van der Waals surface area contributed by atoms with Crippen molar-refractivity contribution in [2.75, 3.05) is 23.8 Å². The van der Waals surface area contributed by atoms with Crippen LogP contribution < -0.4 is 10.5 Å². The van der Waals surface area contributed by atoms with Gasteiger partial charge >= 0.3 is 0 Å². The summed E-state index contributed by atoms with van der Waals surface area (Å²) in [6, 6.07) is 2.88. The molecule has 1 aromatic rings. The van der Waals surface area contributed by atoms with Crippen LogP contribution in [0.15, 0.2) is 23.1 Å². The fraction of sp³-hybridized carbons (Fsp3) is 0.400. The summed E-state index contributed by atoms with van der Waals surface area (Å²) < 4.78 is 61.0. The van der Waals surface area contributed by atoms with Gasteiger partial charge < -0.3 is 5.73 Å². The molecule has 0 aromatic heterocycles. The molecule has 0 aliphatic rings. The van der Waals surface area contributed by atoms with Gasteiger partial charge in [-0.2, -0.15) is 0 Å². The summed E-state index contributed by atoms with van der Waals surface area (Å²) >= 11 is 0. The van der Waals surface area contributed by atoms with E-state index in [1.807, 2.05) is 0 Å². The quantitative estimate of drug-likeness (QED) is 0.726. The average molecular weight is 310 g/mol. The Labute approximate surface area is 111 Å². The molecule has 0 amide bonds. The lowest BCUT2D eigenvalue weighted by molar-refractivity contribution is 0.581. The summed E-state index contributed by atoms with van der Waals surface area (Å²) in [7, 11) is -7.20. The van der Waals surface area contributed by atoms with Crippen LogP contribution in [-0.4, -0.2) is 34.9 Å². The van der Waals surface area contributed by atoms with Gasteiger partial charge in [0.2, 0.25) is 10.0 Å². The summed E-state index contributed by atoms with van der Waals surface area (Å²) in [5.41, 5.74) is 5.18. The lowest BCUT2D eigenvalue weighted by atomic mass is 10.3. The van der Waals surface area contributed by atoms with Gasteiger partial charge in [0.05, 0.1) is 11.4 Å². The maximum Gasteiger partial charge on any atom is 0.242 e. The third kappa shape index (κ3) is 4.44. The van der Waals surface area contributed by atoms with Crippen LogP contribution in [0.2, 0.25) is 0 Å². The first-order chi connectivity index (χ1) is 8.68. The summed E-state index contributed by atoms with van der Waals surface area (Å²) in [5.74, 6) is -1.01. The summed E-state index contributed by atoms with van der Waals surface area (Å²) in [6.45, 7) is 1.22. The van der Waals surface area contributed by atoms with E-state index in [0.29, 0.717) is 0 Å². The molecule has 0 heterocycles. The highest BCUT2D eigenvalue weighted by molar-refractivity contribution is 7.91. The van der Waals surface area contributed by atoms with Gasteiger partial charge in [0.1, 0.15) is 10.7 Å². The van der Waals surface area contributed by atoms with E-state index in [9.17, 15) is 21.2 Å². The minimum absolute atomic E-state index is 0.0621. The fourth-order valence-electron chi connectivity index (χ4n) is 1.32. The Morgan fingerprint density at radius 2 is 1.89 bits per heavy atom. The molecule has 19 heavy (non-hydrogen) atoms. The number of nitrogen functional groups attached to an aromatic ring is 1. The predicted molar refractivity (Wildman–Crippen MR) is 70.3 cm³/mol. The van der Waals surface area contributed by atoms with Gasteiger partial charge in [-0.1, -0.05) is 6.92 Å². The molecular weight excluding hydrogens is 295 g/mol. The Hall–Kier alpha value is -1.19. The SMILES string of the molecule is CCS(=O)(=O)CCNS(=O)(=O)c1ccc(F)cc1N. The molecule has 0 saturated carbocycles. The number of sulfonamides is 1. The van der Waals surface area contributed by atoms with Crippen molar-refractivity contribution >= 4 is 25.5 Å². The number of nitrogens with two attached hydrogens (primary N) is 1. The number of rotatable bonds is 6. The van der Waals surface area contributed by atoms with Crippen molar-refractivity contribution in [1.29, 1.82) is 0 Å². The van der Waals surface area contributed by atoms with Crippen LogP contribution >= 0.6 is 0 Å². The number of anilines is 1. The minimum atomic E-state index is -3.94. The lowest BCUT2D eigenvalue weighted by Crippen LogP contribution is -2.30. The van der Waals surface area contributed by atoms with Crippen LogP contribution in [-0.2, 0) is 19.9 Å². The monoisotopic (exact) mass is 310 g/mol. The zero-order valence-electron chi connectivity index (χ0n) is 10.3. The molecule has 3 N–H and O–H groups in total. The number of benzene rings is 1. The number of sulfone groups is 1. The minimum Gasteiger partial charge on any atom is -0.398 e. The topological polar surface area (TPSA) is 106 Å². The van der Waals surface area contributed by atoms with Crippen LogP contribution in [0.25, 0.3) is 0 Å². The summed E-state index contributed by atoms with van der Waals surface area (Å²) in [6.07, 6.45) is 0. The van der Waals surface area contributed by atoms with Crippen molar-refractivity contribution in [2.24, 2.45) is 0 Å². The molecule has 1 rings (SSSR count). The lowest BCUT2D eigenvalue weighted by Gasteiger charge is -2.09. The molecule has 0 radical (unpaired) electrons. The zero-order chi connectivity index (χ0) is 14.7. The van der Waals surface area contributed by atoms with Gasteiger partial charge in [0.25, 0.3) is 0 Å². The second-order valence-corrected chi connectivity index (χ2v) is 8.02. The molecule has 0 spiro atoms. The van der Waals surface area contributed by atoms with Crippen LogP contribution in [0, 0.1) is 5.82 Å². The molecule has 0 atom stereocenters. The third-order valence-electron chi connectivity index (χ3n) is 2.41. The van der Waals surface area contributed by atoms with E-state index in [0.717, 1.165) is 18.2 Å². The number of hydrogen-bond donors (Lipinski definition) is 2. The van der Waals surface area contributed by atoms with E-state index in [4.69, 9.17) is 5.73 Å². The van der Waals surface area contributed by atoms with Gasteiger partial charge in [-0.15, -0.1) is 0 Å². The number of hydrogen-bond acceptors (Lipinski definition) is 5. The maximum atomic E-state index is 12.8. The van der Waals surface area contributed by atoms with E-state index in [1.165, 1.54) is 6.92 Å². The second kappa shape index (κ2) is 5.85. The highest BCUT2D eigenvalue weighted by Crippen LogP contribution is 2.18. The molecule has 6 nitrogen and oxygen atoms in total. The Bertz CT molecular complexity index is 656. The first kappa shape index (κ1) is 15.9. The largest absolute Gasteiger partial charge is 0.398 e. The highest BCUT2D eigenvalue weighted by Gasteiger charge is 2.18. The van der Waals surface area contributed by atoms with Crippen molar-refractivity contribution in [2.45, 2.75) is 11.8 Å². The van der Waals surface area contributed by atoms with Gasteiger partial charge in [-0.05, 0) is 18.2 Å². The van der Waals surface area contributed by atoms with E-state index in [1.54, 1.807) is 0 Å². The molecule has 0 aliphatic heterocycles. The van der Waals surface area contributed by atoms with Crippen LogP contribution in [0.3, 0.4) is 0 Å². The molecule has 108 valence electrons. The van der Waals surface area contributed by atoms with Crippen molar-refractivity contribution in [3.63, 3.8) is 0 Å². The van der Waals surface area contributed by atoms with E-state index < -0.39 is 25.7 Å². The van der Waals surface area contributed by atoms with E-state index in [-0.39, 0.29) is 28.6 Å². The average Bonchev–Trinajstić information content (AvgIpc) is 2.27. The van der Waals surface area contributed by atoms with E-state index >= 15 is 0 Å². The van der Waals surface area contributed by atoms with Gasteiger partial charge in [-0.3, -0.25) is 0 Å². The standard InChI is InChI=1S/C10H15FN2O4S2/c1-2-18(14,15)6-5-13-19(16,17)10-4-3-8(11)7-9(10)12/h3-4,7,13H,2,5-6,12H2,1H3. The molecule has 0 saturated heterocycles. The van der Waals surface area contributed by atoms with Gasteiger partial charge in [0, 0.05) is 12.3 Å². The zero-order valence-corrected chi connectivity index (χ0v) is 11.9. The number of nitrogens with one attached hydrogen (secondary N) is 1. The van der Waals surface area contributed by atoms with Crippen LogP contribution in [0.1, 0.15) is 6.92 Å². The molecule has 1 aromatic carbocycles. The van der Waals surface area contributed by atoms with Crippen LogP contribution in [0.5, 0.6) is 0 Å². The first-order valence-corrected chi connectivity index (χ1v) is 8.73. The first-order valence-electron chi connectivity index (χ1n) is 5.43. The van der Waals surface area contributed by atoms with Crippen LogP contribution in [0.4, 0.5) is 10.1 Å². The molecule has 0 aliphatic carbocycles. The van der Waals surface area contributed by atoms with Crippen molar-refractivity contribution in [3.8, 4) is 0 Å². The van der Waals surface area contributed by atoms with Gasteiger partial charge in [0.15, 0.2) is 9.84 Å². The molecule has 0 bridgehead atoms.